The average molecular weight is 181 g/mol. The van der Waals surface area contributed by atoms with Gasteiger partial charge in [0, 0.05) is 6.54 Å². The van der Waals surface area contributed by atoms with Crippen molar-refractivity contribution in [2.45, 2.75) is 25.8 Å². The monoisotopic (exact) mass is 181 g/mol. The summed E-state index contributed by atoms with van der Waals surface area (Å²) in [6.07, 6.45) is 6.55. The molecule has 0 aliphatic heterocycles. The molecule has 5 heteroatoms. The van der Waals surface area contributed by atoms with Crippen molar-refractivity contribution in [3.63, 3.8) is 0 Å². The molecule has 0 amide bonds. The van der Waals surface area contributed by atoms with Crippen LogP contribution in [0.15, 0.2) is 12.4 Å². The van der Waals surface area contributed by atoms with Crippen molar-refractivity contribution < 1.29 is 4.92 Å². The molecule has 1 fully saturated rings. The summed E-state index contributed by atoms with van der Waals surface area (Å²) >= 11 is 0. The lowest BCUT2D eigenvalue weighted by molar-refractivity contribution is -0.385. The van der Waals surface area contributed by atoms with E-state index < -0.39 is 4.92 Å². The van der Waals surface area contributed by atoms with E-state index in [2.05, 4.69) is 5.10 Å². The van der Waals surface area contributed by atoms with Gasteiger partial charge in [-0.15, -0.1) is 0 Å². The van der Waals surface area contributed by atoms with Crippen LogP contribution in [0.5, 0.6) is 0 Å². The maximum absolute atomic E-state index is 10.3. The molecule has 1 heterocycles. The normalized spacial score (nSPS) is 16.9. The smallest absolute Gasteiger partial charge is 0.265 e. The first-order chi connectivity index (χ1) is 6.25. The molecule has 0 bridgehead atoms. The van der Waals surface area contributed by atoms with Crippen LogP contribution in [0.3, 0.4) is 0 Å². The Morgan fingerprint density at radius 2 is 2.46 bits per heavy atom. The summed E-state index contributed by atoms with van der Waals surface area (Å²) in [6.45, 7) is 0.827. The Bertz CT molecular complexity index is 317. The van der Waals surface area contributed by atoms with Crippen LogP contribution < -0.4 is 0 Å². The van der Waals surface area contributed by atoms with E-state index >= 15 is 0 Å². The average Bonchev–Trinajstić information content (AvgIpc) is 2.44. The van der Waals surface area contributed by atoms with E-state index in [4.69, 9.17) is 0 Å². The summed E-state index contributed by atoms with van der Waals surface area (Å²) in [5.41, 5.74) is 0.0827. The summed E-state index contributed by atoms with van der Waals surface area (Å²) in [4.78, 5) is 9.92. The van der Waals surface area contributed by atoms with Crippen LogP contribution in [0.2, 0.25) is 0 Å². The van der Waals surface area contributed by atoms with Crippen molar-refractivity contribution in [1.29, 1.82) is 0 Å². The fraction of sp³-hybridized carbons (Fsp3) is 0.625. The van der Waals surface area contributed by atoms with E-state index in [0.29, 0.717) is 5.92 Å². The van der Waals surface area contributed by atoms with E-state index in [1.807, 2.05) is 0 Å². The summed E-state index contributed by atoms with van der Waals surface area (Å²) < 4.78 is 1.67. The van der Waals surface area contributed by atoms with E-state index in [-0.39, 0.29) is 5.69 Å². The van der Waals surface area contributed by atoms with Crippen LogP contribution in [-0.4, -0.2) is 14.7 Å². The van der Waals surface area contributed by atoms with Gasteiger partial charge in [0.25, 0.3) is 0 Å². The van der Waals surface area contributed by atoms with Gasteiger partial charge >= 0.3 is 5.69 Å². The molecule has 5 nitrogen and oxygen atoms in total. The highest BCUT2D eigenvalue weighted by molar-refractivity contribution is 5.20. The van der Waals surface area contributed by atoms with Crippen LogP contribution in [0.1, 0.15) is 19.3 Å². The Morgan fingerprint density at radius 3 is 2.92 bits per heavy atom. The maximum atomic E-state index is 10.3. The highest BCUT2D eigenvalue weighted by atomic mass is 16.6. The zero-order valence-electron chi connectivity index (χ0n) is 7.22. The van der Waals surface area contributed by atoms with Crippen molar-refractivity contribution >= 4 is 5.69 Å². The second-order valence-corrected chi connectivity index (χ2v) is 3.47. The maximum Gasteiger partial charge on any atom is 0.306 e. The third-order valence-corrected chi connectivity index (χ3v) is 2.50. The number of hydrogen-bond acceptors (Lipinski definition) is 3. The molecule has 0 unspecified atom stereocenters. The quantitative estimate of drug-likeness (QED) is 0.525. The molecule has 1 aliphatic rings. The Kier molecular flexibility index (Phi) is 2.00. The lowest BCUT2D eigenvalue weighted by atomic mass is 9.85. The largest absolute Gasteiger partial charge is 0.306 e. The minimum absolute atomic E-state index is 0.0827. The van der Waals surface area contributed by atoms with Crippen LogP contribution >= 0.6 is 0 Å². The van der Waals surface area contributed by atoms with Crippen molar-refractivity contribution in [2.24, 2.45) is 5.92 Å². The molecule has 0 saturated heterocycles. The molecule has 13 heavy (non-hydrogen) atoms. The van der Waals surface area contributed by atoms with E-state index in [0.717, 1.165) is 6.54 Å². The minimum Gasteiger partial charge on any atom is -0.265 e. The topological polar surface area (TPSA) is 61.0 Å². The molecule has 0 radical (unpaired) electrons. The summed E-state index contributed by atoms with van der Waals surface area (Å²) in [7, 11) is 0. The molecule has 0 spiro atoms. The van der Waals surface area contributed by atoms with Crippen molar-refractivity contribution in [1.82, 2.24) is 9.78 Å². The summed E-state index contributed by atoms with van der Waals surface area (Å²) in [6, 6.07) is 0. The van der Waals surface area contributed by atoms with E-state index in [1.165, 1.54) is 31.7 Å². The van der Waals surface area contributed by atoms with E-state index in [1.54, 1.807) is 4.68 Å². The number of rotatable bonds is 3. The van der Waals surface area contributed by atoms with Crippen molar-refractivity contribution in [3.8, 4) is 0 Å². The van der Waals surface area contributed by atoms with Gasteiger partial charge in [0.1, 0.15) is 12.4 Å². The third kappa shape index (κ3) is 1.68. The number of nitrogens with zero attached hydrogens (tertiary/aromatic N) is 3. The number of aromatic nitrogens is 2. The highest BCUT2D eigenvalue weighted by Crippen LogP contribution is 2.27. The summed E-state index contributed by atoms with van der Waals surface area (Å²) in [5, 5.41) is 14.3. The molecule has 1 aromatic heterocycles. The SMILES string of the molecule is O=[N+]([O-])c1cnn(CC2CCC2)c1. The lowest BCUT2D eigenvalue weighted by Crippen LogP contribution is -2.18. The predicted molar refractivity (Wildman–Crippen MR) is 46.2 cm³/mol. The fourth-order valence-electron chi connectivity index (χ4n) is 1.49. The van der Waals surface area contributed by atoms with Crippen LogP contribution in [0.4, 0.5) is 5.69 Å². The van der Waals surface area contributed by atoms with Crippen molar-refractivity contribution in [3.05, 3.63) is 22.5 Å². The van der Waals surface area contributed by atoms with Crippen LogP contribution in [0, 0.1) is 16.0 Å². The van der Waals surface area contributed by atoms with E-state index in [9.17, 15) is 10.1 Å². The van der Waals surface area contributed by atoms with Crippen LogP contribution in [-0.2, 0) is 6.54 Å². The van der Waals surface area contributed by atoms with Gasteiger partial charge in [-0.3, -0.25) is 14.8 Å². The Morgan fingerprint density at radius 1 is 1.69 bits per heavy atom. The second-order valence-electron chi connectivity index (χ2n) is 3.47. The Labute approximate surface area is 75.5 Å². The molecule has 1 aromatic rings. The van der Waals surface area contributed by atoms with Crippen molar-refractivity contribution in [2.75, 3.05) is 0 Å². The van der Waals surface area contributed by atoms with Gasteiger partial charge in [-0.1, -0.05) is 6.42 Å². The predicted octanol–water partition coefficient (Wildman–Crippen LogP) is 1.59. The molecule has 0 N–H and O–H groups in total. The summed E-state index contributed by atoms with van der Waals surface area (Å²) in [5.74, 6) is 0.680. The molecule has 70 valence electrons. The standard InChI is InChI=1S/C8H11N3O2/c12-11(13)8-4-9-10(6-8)5-7-2-1-3-7/h4,6-7H,1-3,5H2. The first-order valence-corrected chi connectivity index (χ1v) is 4.42. The zero-order chi connectivity index (χ0) is 9.26. The zero-order valence-corrected chi connectivity index (χ0v) is 7.22. The Hall–Kier alpha value is -1.39. The molecule has 0 aromatic carbocycles. The first kappa shape index (κ1) is 8.22. The van der Waals surface area contributed by atoms with Gasteiger partial charge in [0.2, 0.25) is 0 Å². The molecule has 1 aliphatic carbocycles. The third-order valence-electron chi connectivity index (χ3n) is 2.50. The van der Waals surface area contributed by atoms with Gasteiger partial charge in [0.05, 0.1) is 4.92 Å². The molecule has 2 rings (SSSR count). The minimum atomic E-state index is -0.412. The van der Waals surface area contributed by atoms with Gasteiger partial charge in [0.15, 0.2) is 0 Å². The second kappa shape index (κ2) is 3.16. The lowest BCUT2D eigenvalue weighted by Gasteiger charge is -2.24. The molecular formula is C8H11N3O2. The fourth-order valence-corrected chi connectivity index (χ4v) is 1.49. The van der Waals surface area contributed by atoms with Crippen LogP contribution in [0.25, 0.3) is 0 Å². The van der Waals surface area contributed by atoms with Gasteiger partial charge in [-0.2, -0.15) is 5.10 Å². The van der Waals surface area contributed by atoms with Gasteiger partial charge in [-0.25, -0.2) is 0 Å². The first-order valence-electron chi connectivity index (χ1n) is 4.42. The van der Waals surface area contributed by atoms with Gasteiger partial charge in [-0.05, 0) is 18.8 Å². The highest BCUT2D eigenvalue weighted by Gasteiger charge is 2.19. The number of nitro groups is 1. The van der Waals surface area contributed by atoms with Gasteiger partial charge < -0.3 is 0 Å². The molecule has 1 saturated carbocycles. The molecular weight excluding hydrogens is 170 g/mol. The number of hydrogen-bond donors (Lipinski definition) is 0. The molecule has 0 atom stereocenters. The Balaban J connectivity index is 2.00.